The Kier molecular flexibility index (Phi) is 6.31. The molecule has 0 fully saturated rings. The van der Waals surface area contributed by atoms with E-state index in [0.29, 0.717) is 11.8 Å². The fraction of sp³-hybridized carbons (Fsp3) is 0.583. The van der Waals surface area contributed by atoms with Crippen LogP contribution in [0.2, 0.25) is 0 Å². The summed E-state index contributed by atoms with van der Waals surface area (Å²) < 4.78 is 0. The van der Waals surface area contributed by atoms with E-state index in [4.69, 9.17) is 0 Å². The lowest BCUT2D eigenvalue weighted by Gasteiger charge is -2.09. The van der Waals surface area contributed by atoms with E-state index in [1.165, 1.54) is 0 Å². The monoisotopic (exact) mass is 161 g/mol. The molecule has 0 heteroatoms. The minimum absolute atomic E-state index is 0.455. The molecule has 0 heterocycles. The minimum atomic E-state index is 0.455. The van der Waals surface area contributed by atoms with Gasteiger partial charge >= 0.3 is 0 Å². The van der Waals surface area contributed by atoms with Crippen LogP contribution in [0, 0.1) is 42.4 Å². The van der Waals surface area contributed by atoms with Crippen LogP contribution < -0.4 is 0 Å². The molecule has 0 aliphatic heterocycles. The summed E-state index contributed by atoms with van der Waals surface area (Å²) in [5.74, 6) is 12.8. The molecule has 1 radical (unpaired) electrons. The maximum atomic E-state index is 3.51. The van der Waals surface area contributed by atoms with Crippen molar-refractivity contribution in [3.05, 3.63) is 6.92 Å². The molecule has 2 atom stereocenters. The molecule has 0 spiro atoms. The highest BCUT2D eigenvalue weighted by Gasteiger charge is 2.04. The van der Waals surface area contributed by atoms with Crippen LogP contribution in [0.1, 0.15) is 33.6 Å². The van der Waals surface area contributed by atoms with Crippen molar-refractivity contribution in [2.45, 2.75) is 33.6 Å². The maximum absolute atomic E-state index is 3.51. The molecule has 65 valence electrons. The first kappa shape index (κ1) is 11.1. The zero-order valence-electron chi connectivity index (χ0n) is 8.28. The third kappa shape index (κ3) is 5.87. The van der Waals surface area contributed by atoms with E-state index in [2.05, 4.69) is 44.5 Å². The summed E-state index contributed by atoms with van der Waals surface area (Å²) in [5, 5.41) is 0. The van der Waals surface area contributed by atoms with Gasteiger partial charge in [-0.25, -0.2) is 0 Å². The first-order chi connectivity index (χ1) is 5.70. The van der Waals surface area contributed by atoms with E-state index >= 15 is 0 Å². The van der Waals surface area contributed by atoms with E-state index in [1.54, 1.807) is 0 Å². The third-order valence-electron chi connectivity index (χ3n) is 1.73. The predicted molar refractivity (Wildman–Crippen MR) is 54.1 cm³/mol. The topological polar surface area (TPSA) is 0 Å². The molecule has 0 saturated carbocycles. The van der Waals surface area contributed by atoms with Gasteiger partial charge in [-0.15, -0.1) is 23.7 Å². The molecule has 0 aromatic rings. The molecule has 0 aliphatic carbocycles. The zero-order chi connectivity index (χ0) is 9.40. The van der Waals surface area contributed by atoms with E-state index < -0.39 is 0 Å². The minimum Gasteiger partial charge on any atom is -0.107 e. The molecule has 2 unspecified atom stereocenters. The first-order valence-corrected chi connectivity index (χ1v) is 4.38. The Morgan fingerprint density at radius 3 is 2.50 bits per heavy atom. The summed E-state index contributed by atoms with van der Waals surface area (Å²) in [7, 11) is 0. The third-order valence-corrected chi connectivity index (χ3v) is 1.73. The van der Waals surface area contributed by atoms with Crippen molar-refractivity contribution in [1.82, 2.24) is 0 Å². The Balaban J connectivity index is 3.70. The van der Waals surface area contributed by atoms with Gasteiger partial charge in [0.25, 0.3) is 0 Å². The smallest absolute Gasteiger partial charge is 0.0199 e. The lowest BCUT2D eigenvalue weighted by atomic mass is 9.95. The fourth-order valence-electron chi connectivity index (χ4n) is 1.20. The Labute approximate surface area is 76.8 Å². The Morgan fingerprint density at radius 1 is 1.33 bits per heavy atom. The SMILES string of the molecule is [CH2]C#CC(C)CC(C)CC#CC. The van der Waals surface area contributed by atoms with Crippen molar-refractivity contribution < 1.29 is 0 Å². The van der Waals surface area contributed by atoms with Crippen molar-refractivity contribution in [1.29, 1.82) is 0 Å². The van der Waals surface area contributed by atoms with Crippen molar-refractivity contribution in [3.8, 4) is 23.7 Å². The Hall–Kier alpha value is -0.880. The van der Waals surface area contributed by atoms with Crippen LogP contribution in [-0.2, 0) is 0 Å². The molecule has 0 aromatic carbocycles. The summed E-state index contributed by atoms with van der Waals surface area (Å²) in [6, 6.07) is 0. The van der Waals surface area contributed by atoms with Gasteiger partial charge in [-0.05, 0) is 19.3 Å². The van der Waals surface area contributed by atoms with E-state index in [-0.39, 0.29) is 0 Å². The second-order valence-corrected chi connectivity index (χ2v) is 3.19. The van der Waals surface area contributed by atoms with Gasteiger partial charge in [-0.2, -0.15) is 0 Å². The lowest BCUT2D eigenvalue weighted by molar-refractivity contribution is 0.485. The molecule has 0 amide bonds. The average Bonchev–Trinajstić information content (AvgIpc) is 2.01. The average molecular weight is 161 g/mol. The maximum Gasteiger partial charge on any atom is 0.0199 e. The number of hydrogen-bond donors (Lipinski definition) is 0. The van der Waals surface area contributed by atoms with E-state index in [1.807, 2.05) is 6.92 Å². The van der Waals surface area contributed by atoms with Gasteiger partial charge in [0.1, 0.15) is 0 Å². The van der Waals surface area contributed by atoms with Gasteiger partial charge in [-0.1, -0.05) is 13.8 Å². The van der Waals surface area contributed by atoms with Crippen molar-refractivity contribution in [3.63, 3.8) is 0 Å². The fourth-order valence-corrected chi connectivity index (χ4v) is 1.20. The molecule has 0 N–H and O–H groups in total. The van der Waals surface area contributed by atoms with Crippen molar-refractivity contribution in [2.24, 2.45) is 11.8 Å². The van der Waals surface area contributed by atoms with Crippen LogP contribution in [0.15, 0.2) is 0 Å². The van der Waals surface area contributed by atoms with Crippen LogP contribution in [0.3, 0.4) is 0 Å². The van der Waals surface area contributed by atoms with Gasteiger partial charge < -0.3 is 0 Å². The van der Waals surface area contributed by atoms with E-state index in [0.717, 1.165) is 12.8 Å². The molecular formula is C12H17. The Morgan fingerprint density at radius 2 is 2.00 bits per heavy atom. The quantitative estimate of drug-likeness (QED) is 0.558. The molecule has 0 saturated heterocycles. The molecule has 0 aliphatic rings. The highest BCUT2D eigenvalue weighted by molar-refractivity contribution is 5.05. The lowest BCUT2D eigenvalue weighted by Crippen LogP contribution is -2.00. The van der Waals surface area contributed by atoms with Gasteiger partial charge in [0.15, 0.2) is 0 Å². The summed E-state index contributed by atoms with van der Waals surface area (Å²) in [6.45, 7) is 9.73. The highest BCUT2D eigenvalue weighted by atomic mass is 14.1. The van der Waals surface area contributed by atoms with Crippen LogP contribution >= 0.6 is 0 Å². The first-order valence-electron chi connectivity index (χ1n) is 4.38. The van der Waals surface area contributed by atoms with Gasteiger partial charge in [-0.3, -0.25) is 0 Å². The van der Waals surface area contributed by atoms with Gasteiger partial charge in [0, 0.05) is 19.3 Å². The summed E-state index contributed by atoms with van der Waals surface area (Å²) in [6.07, 6.45) is 2.11. The van der Waals surface area contributed by atoms with E-state index in [9.17, 15) is 0 Å². The largest absolute Gasteiger partial charge is 0.107 e. The van der Waals surface area contributed by atoms with Crippen molar-refractivity contribution in [2.75, 3.05) is 0 Å². The standard InChI is InChI=1S/C12H17/c1-5-7-9-12(4)10-11(3)8-6-2/h11-12H,2,9-10H2,1,3-4H3. The highest BCUT2D eigenvalue weighted by Crippen LogP contribution is 2.13. The zero-order valence-corrected chi connectivity index (χ0v) is 8.28. The van der Waals surface area contributed by atoms with Crippen molar-refractivity contribution >= 4 is 0 Å². The summed E-state index contributed by atoms with van der Waals surface area (Å²) in [4.78, 5) is 0. The van der Waals surface area contributed by atoms with Gasteiger partial charge in [0.05, 0.1) is 0 Å². The molecule has 0 aromatic heterocycles. The predicted octanol–water partition coefficient (Wildman–Crippen LogP) is 2.90. The number of hydrogen-bond acceptors (Lipinski definition) is 0. The second kappa shape index (κ2) is 6.81. The molecule has 0 nitrogen and oxygen atoms in total. The molecule has 0 bridgehead atoms. The van der Waals surface area contributed by atoms with Crippen LogP contribution in [0.5, 0.6) is 0 Å². The summed E-state index contributed by atoms with van der Waals surface area (Å²) in [5.41, 5.74) is 0. The number of rotatable bonds is 3. The molecular weight excluding hydrogens is 144 g/mol. The molecule has 12 heavy (non-hydrogen) atoms. The molecule has 0 rings (SSSR count). The Bertz CT molecular complexity index is 216. The summed E-state index contributed by atoms with van der Waals surface area (Å²) >= 11 is 0. The second-order valence-electron chi connectivity index (χ2n) is 3.19. The van der Waals surface area contributed by atoms with Gasteiger partial charge in [0.2, 0.25) is 0 Å². The van der Waals surface area contributed by atoms with Crippen LogP contribution in [0.25, 0.3) is 0 Å². The van der Waals surface area contributed by atoms with Crippen LogP contribution in [-0.4, -0.2) is 0 Å². The van der Waals surface area contributed by atoms with Crippen LogP contribution in [0.4, 0.5) is 0 Å². The normalized spacial score (nSPS) is 13.3.